The summed E-state index contributed by atoms with van der Waals surface area (Å²) in [4.78, 5) is 21.4. The molecule has 7 heteroatoms. The Morgan fingerprint density at radius 3 is 2.85 bits per heavy atom. The molecule has 4 aromatic rings. The van der Waals surface area contributed by atoms with E-state index in [1.54, 1.807) is 12.4 Å². The molecule has 0 fully saturated rings. The number of amides is 1. The Balaban J connectivity index is 1.54. The lowest BCUT2D eigenvalue weighted by molar-refractivity contribution is 0.0950. The molecular weight excluding hydrogens is 406 g/mol. The molecule has 0 radical (unpaired) electrons. The quantitative estimate of drug-likeness (QED) is 0.542. The summed E-state index contributed by atoms with van der Waals surface area (Å²) in [6.07, 6.45) is 7.38. The van der Waals surface area contributed by atoms with Gasteiger partial charge in [-0.25, -0.2) is 4.98 Å². The average molecular weight is 424 g/mol. The lowest BCUT2D eigenvalue weighted by atomic mass is 10.2. The van der Waals surface area contributed by atoms with Gasteiger partial charge >= 0.3 is 0 Å². The number of hydrogen-bond donors (Lipinski definition) is 1. The van der Waals surface area contributed by atoms with Gasteiger partial charge in [-0.1, -0.05) is 0 Å². The van der Waals surface area contributed by atoms with Crippen LogP contribution in [0.2, 0.25) is 0 Å². The maximum Gasteiger partial charge on any atom is 0.253 e. The maximum absolute atomic E-state index is 12.7. The van der Waals surface area contributed by atoms with Crippen molar-refractivity contribution >= 4 is 27.5 Å². The van der Waals surface area contributed by atoms with Gasteiger partial charge in [0.15, 0.2) is 0 Å². The predicted octanol–water partition coefficient (Wildman–Crippen LogP) is 3.83. The lowest BCUT2D eigenvalue weighted by Gasteiger charge is -2.09. The smallest absolute Gasteiger partial charge is 0.253 e. The molecule has 0 saturated carbocycles. The van der Waals surface area contributed by atoms with Crippen LogP contribution in [0.25, 0.3) is 11.3 Å². The summed E-state index contributed by atoms with van der Waals surface area (Å²) >= 11 is 3.45. The highest BCUT2D eigenvalue weighted by atomic mass is 79.9. The number of imidazole rings is 1. The minimum atomic E-state index is -0.114. The van der Waals surface area contributed by atoms with Crippen LogP contribution >= 0.6 is 15.9 Å². The normalized spacial score (nSPS) is 11.1. The van der Waals surface area contributed by atoms with Crippen LogP contribution in [0.3, 0.4) is 0 Å². The first-order valence-corrected chi connectivity index (χ1v) is 9.33. The third-order valence-electron chi connectivity index (χ3n) is 4.47. The van der Waals surface area contributed by atoms with E-state index < -0.39 is 0 Å². The fraction of sp³-hybridized carbons (Fsp3) is 0.150. The molecule has 6 nitrogen and oxygen atoms in total. The van der Waals surface area contributed by atoms with E-state index in [1.165, 1.54) is 0 Å². The van der Waals surface area contributed by atoms with Gasteiger partial charge < -0.3 is 14.3 Å². The first-order valence-electron chi connectivity index (χ1n) is 8.53. The molecule has 0 unspecified atom stereocenters. The second kappa shape index (κ2) is 7.00. The number of carbonyl (C=O) groups excluding carboxylic acids is 1. The first-order chi connectivity index (χ1) is 13.0. The van der Waals surface area contributed by atoms with Gasteiger partial charge in [0.1, 0.15) is 5.65 Å². The molecule has 0 atom stereocenters. The molecule has 27 heavy (non-hydrogen) atoms. The summed E-state index contributed by atoms with van der Waals surface area (Å²) in [5.74, 6) is -0.114. The maximum atomic E-state index is 12.7. The van der Waals surface area contributed by atoms with Crippen LogP contribution in [0.5, 0.6) is 0 Å². The van der Waals surface area contributed by atoms with Crippen LogP contribution in [0.1, 0.15) is 27.4 Å². The molecule has 1 amide bonds. The van der Waals surface area contributed by atoms with Crippen LogP contribution in [-0.2, 0) is 6.54 Å². The highest BCUT2D eigenvalue weighted by molar-refractivity contribution is 9.10. The van der Waals surface area contributed by atoms with E-state index in [0.29, 0.717) is 12.1 Å². The van der Waals surface area contributed by atoms with E-state index in [4.69, 9.17) is 0 Å². The van der Waals surface area contributed by atoms with Crippen molar-refractivity contribution in [2.75, 3.05) is 0 Å². The molecule has 4 heterocycles. The summed E-state index contributed by atoms with van der Waals surface area (Å²) in [5.41, 5.74) is 5.13. The highest BCUT2D eigenvalue weighted by Gasteiger charge is 2.17. The van der Waals surface area contributed by atoms with Crippen molar-refractivity contribution in [2.24, 2.45) is 0 Å². The number of rotatable bonds is 4. The molecule has 0 aromatic carbocycles. The average Bonchev–Trinajstić information content (AvgIpc) is 3.20. The monoisotopic (exact) mass is 423 g/mol. The second-order valence-electron chi connectivity index (χ2n) is 6.36. The van der Waals surface area contributed by atoms with Crippen molar-refractivity contribution in [3.63, 3.8) is 0 Å². The van der Waals surface area contributed by atoms with Crippen LogP contribution in [-0.4, -0.2) is 24.8 Å². The predicted molar refractivity (Wildman–Crippen MR) is 107 cm³/mol. The zero-order valence-corrected chi connectivity index (χ0v) is 16.6. The molecule has 136 valence electrons. The van der Waals surface area contributed by atoms with Gasteiger partial charge in [0.25, 0.3) is 5.91 Å². The third kappa shape index (κ3) is 3.38. The number of hydrogen-bond acceptors (Lipinski definition) is 3. The minimum absolute atomic E-state index is 0.114. The largest absolute Gasteiger partial charge is 0.346 e. The Morgan fingerprint density at radius 1 is 1.22 bits per heavy atom. The molecule has 0 bridgehead atoms. The second-order valence-corrected chi connectivity index (χ2v) is 7.27. The van der Waals surface area contributed by atoms with Gasteiger partial charge in [-0.05, 0) is 60.1 Å². The van der Waals surface area contributed by atoms with Crippen molar-refractivity contribution in [1.29, 1.82) is 0 Å². The number of nitrogens with zero attached hydrogens (tertiary/aromatic N) is 4. The van der Waals surface area contributed by atoms with Crippen molar-refractivity contribution < 1.29 is 4.79 Å². The van der Waals surface area contributed by atoms with E-state index in [2.05, 4.69) is 31.2 Å². The SMILES string of the molecule is Cc1cc(C(=O)NCc2cn3cc(Br)ccc3n2)c(C)n1-c1cccnc1. The van der Waals surface area contributed by atoms with Crippen molar-refractivity contribution in [3.8, 4) is 5.69 Å². The Hall–Kier alpha value is -2.93. The Bertz CT molecular complexity index is 1130. The lowest BCUT2D eigenvalue weighted by Crippen LogP contribution is -2.23. The molecule has 4 rings (SSSR count). The standard InChI is InChI=1S/C20H18BrN5O/c1-13-8-18(14(2)26(13)17-4-3-7-22-10-17)20(27)23-9-16-12-25-11-15(21)5-6-19(25)24-16/h3-8,10-12H,9H2,1-2H3,(H,23,27). The molecule has 0 saturated heterocycles. The molecule has 4 aromatic heterocycles. The number of nitrogens with one attached hydrogen (secondary N) is 1. The third-order valence-corrected chi connectivity index (χ3v) is 4.94. The van der Waals surface area contributed by atoms with Gasteiger partial charge in [0.05, 0.1) is 29.7 Å². The van der Waals surface area contributed by atoms with Crippen molar-refractivity contribution in [3.05, 3.63) is 82.2 Å². The summed E-state index contributed by atoms with van der Waals surface area (Å²) in [5, 5.41) is 2.97. The Kier molecular flexibility index (Phi) is 4.53. The van der Waals surface area contributed by atoms with E-state index >= 15 is 0 Å². The van der Waals surface area contributed by atoms with Gasteiger partial charge in [-0.2, -0.15) is 0 Å². The fourth-order valence-corrected chi connectivity index (χ4v) is 3.60. The van der Waals surface area contributed by atoms with Gasteiger partial charge in [-0.15, -0.1) is 0 Å². The zero-order chi connectivity index (χ0) is 19.0. The minimum Gasteiger partial charge on any atom is -0.346 e. The van der Waals surface area contributed by atoms with Crippen LogP contribution in [0.15, 0.2) is 59.6 Å². The topological polar surface area (TPSA) is 64.2 Å². The van der Waals surface area contributed by atoms with Crippen molar-refractivity contribution in [1.82, 2.24) is 24.3 Å². The number of pyridine rings is 2. The zero-order valence-electron chi connectivity index (χ0n) is 15.0. The summed E-state index contributed by atoms with van der Waals surface area (Å²) < 4.78 is 4.94. The summed E-state index contributed by atoms with van der Waals surface area (Å²) in [7, 11) is 0. The van der Waals surface area contributed by atoms with E-state index in [-0.39, 0.29) is 5.91 Å². The van der Waals surface area contributed by atoms with Crippen molar-refractivity contribution in [2.45, 2.75) is 20.4 Å². The number of halogens is 1. The fourth-order valence-electron chi connectivity index (χ4n) is 3.24. The van der Waals surface area contributed by atoms with E-state index in [9.17, 15) is 4.79 Å². The van der Waals surface area contributed by atoms with Crippen LogP contribution in [0, 0.1) is 13.8 Å². The van der Waals surface area contributed by atoms with E-state index in [0.717, 1.165) is 32.9 Å². The number of fused-ring (bicyclic) bond motifs is 1. The molecule has 0 aliphatic rings. The Labute approximate surface area is 165 Å². The van der Waals surface area contributed by atoms with Gasteiger partial charge in [0, 0.05) is 34.5 Å². The first kappa shape index (κ1) is 17.5. The van der Waals surface area contributed by atoms with Gasteiger partial charge in [0.2, 0.25) is 0 Å². The van der Waals surface area contributed by atoms with E-state index in [1.807, 2.05) is 65.5 Å². The number of aryl methyl sites for hydroxylation is 1. The highest BCUT2D eigenvalue weighted by Crippen LogP contribution is 2.20. The molecule has 0 aliphatic heterocycles. The Morgan fingerprint density at radius 2 is 2.07 bits per heavy atom. The van der Waals surface area contributed by atoms with Crippen LogP contribution < -0.4 is 5.32 Å². The van der Waals surface area contributed by atoms with Crippen LogP contribution in [0.4, 0.5) is 0 Å². The molecular formula is C20H18BrN5O. The number of carbonyl (C=O) groups is 1. The number of aromatic nitrogens is 4. The summed E-state index contributed by atoms with van der Waals surface area (Å²) in [6, 6.07) is 9.63. The molecule has 1 N–H and O–H groups in total. The summed E-state index contributed by atoms with van der Waals surface area (Å²) in [6.45, 7) is 4.29. The molecule has 0 aliphatic carbocycles. The molecule has 0 spiro atoms. The van der Waals surface area contributed by atoms with Gasteiger partial charge in [-0.3, -0.25) is 9.78 Å².